The van der Waals surface area contributed by atoms with Crippen molar-refractivity contribution in [3.63, 3.8) is 0 Å². The number of hydrogen-bond donors (Lipinski definition) is 2. The summed E-state index contributed by atoms with van der Waals surface area (Å²) in [7, 11) is 3.51. The monoisotopic (exact) mass is 239 g/mol. The summed E-state index contributed by atoms with van der Waals surface area (Å²) in [5.41, 5.74) is 1.09. The van der Waals surface area contributed by atoms with Crippen molar-refractivity contribution < 1.29 is 14.6 Å². The van der Waals surface area contributed by atoms with Crippen LogP contribution in [0.4, 0.5) is 0 Å². The number of hydrogen-bond acceptors (Lipinski definition) is 4. The first-order chi connectivity index (χ1) is 8.30. The van der Waals surface area contributed by atoms with Crippen LogP contribution in [0.15, 0.2) is 24.3 Å². The van der Waals surface area contributed by atoms with Crippen LogP contribution in [0.5, 0.6) is 5.75 Å². The second-order valence-electron chi connectivity index (χ2n) is 3.89. The lowest BCUT2D eigenvalue weighted by atomic mass is 10.2. The van der Waals surface area contributed by atoms with E-state index in [1.54, 1.807) is 7.11 Å². The van der Waals surface area contributed by atoms with Gasteiger partial charge in [-0.1, -0.05) is 12.1 Å². The fourth-order valence-corrected chi connectivity index (χ4v) is 1.54. The van der Waals surface area contributed by atoms with Gasteiger partial charge in [0.25, 0.3) is 0 Å². The summed E-state index contributed by atoms with van der Waals surface area (Å²) >= 11 is 0. The van der Waals surface area contributed by atoms with Gasteiger partial charge in [-0.15, -0.1) is 0 Å². The Balaban J connectivity index is 2.38. The number of methoxy groups -OCH3 is 1. The first kappa shape index (κ1) is 14.0. The van der Waals surface area contributed by atoms with E-state index >= 15 is 0 Å². The smallest absolute Gasteiger partial charge is 0.119 e. The first-order valence-electron chi connectivity index (χ1n) is 5.79. The Morgan fingerprint density at radius 1 is 1.41 bits per heavy atom. The van der Waals surface area contributed by atoms with Gasteiger partial charge >= 0.3 is 0 Å². The second kappa shape index (κ2) is 8.06. The minimum Gasteiger partial charge on any atom is -0.494 e. The van der Waals surface area contributed by atoms with Gasteiger partial charge in [0, 0.05) is 13.2 Å². The van der Waals surface area contributed by atoms with Gasteiger partial charge in [0.15, 0.2) is 0 Å². The molecule has 0 aliphatic rings. The van der Waals surface area contributed by atoms with Crippen LogP contribution in [-0.4, -0.2) is 38.5 Å². The van der Waals surface area contributed by atoms with Crippen molar-refractivity contribution in [1.82, 2.24) is 5.32 Å². The van der Waals surface area contributed by atoms with Gasteiger partial charge in [-0.3, -0.25) is 0 Å². The predicted octanol–water partition coefficient (Wildman–Crippen LogP) is 1.18. The third-order valence-electron chi connectivity index (χ3n) is 2.57. The van der Waals surface area contributed by atoms with Crippen molar-refractivity contribution in [3.05, 3.63) is 29.8 Å². The third kappa shape index (κ3) is 5.17. The van der Waals surface area contributed by atoms with Crippen LogP contribution < -0.4 is 10.1 Å². The van der Waals surface area contributed by atoms with E-state index in [9.17, 15) is 0 Å². The molecule has 17 heavy (non-hydrogen) atoms. The number of nitrogens with one attached hydrogen (secondary N) is 1. The molecule has 1 unspecified atom stereocenters. The Hall–Kier alpha value is -1.10. The topological polar surface area (TPSA) is 50.7 Å². The minimum absolute atomic E-state index is 0.0946. The van der Waals surface area contributed by atoms with Crippen molar-refractivity contribution in [2.45, 2.75) is 19.1 Å². The van der Waals surface area contributed by atoms with Crippen LogP contribution in [0.3, 0.4) is 0 Å². The molecule has 4 nitrogen and oxygen atoms in total. The molecule has 0 bridgehead atoms. The summed E-state index contributed by atoms with van der Waals surface area (Å²) in [6.45, 7) is 1.30. The van der Waals surface area contributed by atoms with Gasteiger partial charge in [-0.25, -0.2) is 0 Å². The quantitative estimate of drug-likeness (QED) is 0.715. The number of ether oxygens (including phenoxy) is 2. The Morgan fingerprint density at radius 2 is 2.24 bits per heavy atom. The van der Waals surface area contributed by atoms with E-state index in [1.165, 1.54) is 0 Å². The van der Waals surface area contributed by atoms with Crippen molar-refractivity contribution in [2.24, 2.45) is 0 Å². The van der Waals surface area contributed by atoms with Crippen molar-refractivity contribution >= 4 is 0 Å². The van der Waals surface area contributed by atoms with Gasteiger partial charge in [-0.05, 0) is 31.2 Å². The Labute approximate surface area is 103 Å². The average Bonchev–Trinajstić information content (AvgIpc) is 2.36. The highest BCUT2D eigenvalue weighted by atomic mass is 16.5. The highest BCUT2D eigenvalue weighted by Gasteiger charge is 2.04. The highest BCUT2D eigenvalue weighted by molar-refractivity contribution is 5.28. The van der Waals surface area contributed by atoms with Crippen molar-refractivity contribution in [3.8, 4) is 5.75 Å². The van der Waals surface area contributed by atoms with E-state index in [0.717, 1.165) is 17.7 Å². The van der Waals surface area contributed by atoms with Crippen molar-refractivity contribution in [1.29, 1.82) is 0 Å². The lowest BCUT2D eigenvalue weighted by Gasteiger charge is -2.13. The lowest BCUT2D eigenvalue weighted by molar-refractivity contribution is 0.184. The Kier molecular flexibility index (Phi) is 6.62. The van der Waals surface area contributed by atoms with Crippen LogP contribution in [-0.2, 0) is 11.3 Å². The Morgan fingerprint density at radius 3 is 2.88 bits per heavy atom. The molecule has 0 saturated carbocycles. The average molecular weight is 239 g/mol. The van der Waals surface area contributed by atoms with Crippen LogP contribution in [0.25, 0.3) is 0 Å². The van der Waals surface area contributed by atoms with Crippen molar-refractivity contribution in [2.75, 3.05) is 27.4 Å². The van der Waals surface area contributed by atoms with E-state index in [2.05, 4.69) is 5.32 Å². The lowest BCUT2D eigenvalue weighted by Crippen LogP contribution is -2.30. The zero-order valence-corrected chi connectivity index (χ0v) is 10.5. The molecule has 0 spiro atoms. The largest absolute Gasteiger partial charge is 0.494 e. The maximum absolute atomic E-state index is 9.00. The number of rotatable bonds is 8. The highest BCUT2D eigenvalue weighted by Crippen LogP contribution is 2.14. The summed E-state index contributed by atoms with van der Waals surface area (Å²) in [6.07, 6.45) is 0.779. The Bertz CT molecular complexity index is 313. The molecule has 0 saturated heterocycles. The number of aliphatic hydroxyl groups is 1. The fourth-order valence-electron chi connectivity index (χ4n) is 1.54. The molecule has 0 aromatic heterocycles. The third-order valence-corrected chi connectivity index (χ3v) is 2.57. The summed E-state index contributed by atoms with van der Waals surface area (Å²) in [5, 5.41) is 12.0. The number of aliphatic hydroxyl groups excluding tert-OH is 1. The van der Waals surface area contributed by atoms with Gasteiger partial charge in [0.1, 0.15) is 5.75 Å². The molecule has 0 amide bonds. The van der Waals surface area contributed by atoms with Gasteiger partial charge < -0.3 is 19.9 Å². The normalized spacial score (nSPS) is 12.4. The molecule has 0 radical (unpaired) electrons. The standard InChI is InChI=1S/C13H21NO3/c1-14-12(9-15)6-7-17-13-5-3-4-11(8-13)10-16-2/h3-5,8,12,14-15H,6-7,9-10H2,1-2H3. The molecule has 1 atom stereocenters. The molecule has 96 valence electrons. The molecule has 1 aromatic carbocycles. The molecule has 0 fully saturated rings. The zero-order chi connectivity index (χ0) is 12.5. The van der Waals surface area contributed by atoms with E-state index in [-0.39, 0.29) is 12.6 Å². The summed E-state index contributed by atoms with van der Waals surface area (Å²) in [6, 6.07) is 7.94. The molecule has 2 N–H and O–H groups in total. The van der Waals surface area contributed by atoms with E-state index in [4.69, 9.17) is 14.6 Å². The number of likely N-dealkylation sites (N-methyl/N-ethyl adjacent to an activating group) is 1. The molecular weight excluding hydrogens is 218 g/mol. The maximum Gasteiger partial charge on any atom is 0.119 e. The zero-order valence-electron chi connectivity index (χ0n) is 10.5. The second-order valence-corrected chi connectivity index (χ2v) is 3.89. The fraction of sp³-hybridized carbons (Fsp3) is 0.538. The molecule has 1 rings (SSSR count). The summed E-state index contributed by atoms with van der Waals surface area (Å²) in [4.78, 5) is 0. The summed E-state index contributed by atoms with van der Waals surface area (Å²) in [5.74, 6) is 0.840. The van der Waals surface area contributed by atoms with Crippen LogP contribution in [0.1, 0.15) is 12.0 Å². The van der Waals surface area contributed by atoms with Crippen LogP contribution in [0, 0.1) is 0 Å². The van der Waals surface area contributed by atoms with Gasteiger partial charge in [-0.2, -0.15) is 0 Å². The predicted molar refractivity (Wildman–Crippen MR) is 67.2 cm³/mol. The van der Waals surface area contributed by atoms with E-state index in [1.807, 2.05) is 31.3 Å². The van der Waals surface area contributed by atoms with Gasteiger partial charge in [0.05, 0.1) is 19.8 Å². The van der Waals surface area contributed by atoms with Gasteiger partial charge in [0.2, 0.25) is 0 Å². The van der Waals surface area contributed by atoms with E-state index < -0.39 is 0 Å². The maximum atomic E-state index is 9.00. The summed E-state index contributed by atoms with van der Waals surface area (Å²) < 4.78 is 10.7. The first-order valence-corrected chi connectivity index (χ1v) is 5.79. The molecule has 4 heteroatoms. The van der Waals surface area contributed by atoms with Crippen LogP contribution >= 0.6 is 0 Å². The number of benzene rings is 1. The van der Waals surface area contributed by atoms with E-state index in [0.29, 0.717) is 13.2 Å². The molecule has 0 heterocycles. The molecular formula is C13H21NO3. The molecule has 0 aliphatic heterocycles. The van der Waals surface area contributed by atoms with Crippen LogP contribution in [0.2, 0.25) is 0 Å². The molecule has 0 aliphatic carbocycles. The minimum atomic E-state index is 0.0946. The SMILES string of the molecule is CNC(CO)CCOc1cccc(COC)c1. The molecule has 1 aromatic rings.